The Kier molecular flexibility index (Phi) is 2.96. The van der Waals surface area contributed by atoms with Crippen molar-refractivity contribution in [3.63, 3.8) is 0 Å². The summed E-state index contributed by atoms with van der Waals surface area (Å²) < 4.78 is 2.36. The van der Waals surface area contributed by atoms with E-state index >= 15 is 0 Å². The summed E-state index contributed by atoms with van der Waals surface area (Å²) in [6.45, 7) is 4.62. The molecule has 5 rings (SSSR count). The van der Waals surface area contributed by atoms with E-state index in [-0.39, 0.29) is 0 Å². The maximum Gasteiger partial charge on any atom is 0.0498 e. The van der Waals surface area contributed by atoms with Gasteiger partial charge in [0.1, 0.15) is 0 Å². The fraction of sp³-hybridized carbons (Fsp3) is 0.167. The van der Waals surface area contributed by atoms with Crippen LogP contribution in [0.3, 0.4) is 0 Å². The first-order chi connectivity index (χ1) is 12.2. The molecule has 4 aromatic carbocycles. The predicted octanol–water partition coefficient (Wildman–Crippen LogP) is 6.76. The summed E-state index contributed by atoms with van der Waals surface area (Å²) in [5.41, 5.74) is 4.11. The van der Waals surface area contributed by atoms with E-state index in [2.05, 4.69) is 92.2 Å². The maximum absolute atomic E-state index is 2.36. The molecule has 25 heavy (non-hydrogen) atoms. The van der Waals surface area contributed by atoms with Gasteiger partial charge >= 0.3 is 0 Å². The molecule has 1 aromatic heterocycles. The quantitative estimate of drug-likeness (QED) is 0.321. The third-order valence-electron chi connectivity index (χ3n) is 5.53. The van der Waals surface area contributed by atoms with Crippen LogP contribution >= 0.6 is 0 Å². The van der Waals surface area contributed by atoms with Crippen LogP contribution in [-0.2, 0) is 7.05 Å². The van der Waals surface area contributed by atoms with E-state index in [4.69, 9.17) is 0 Å². The third kappa shape index (κ3) is 1.90. The van der Waals surface area contributed by atoms with Gasteiger partial charge in [-0.15, -0.1) is 0 Å². The lowest BCUT2D eigenvalue weighted by Gasteiger charge is -2.13. The standard InChI is InChI=1S/C24H21N/c1-15(2)22-19-11-7-5-9-17(19)14-21-24(22)23-18-10-6-4-8-16(18)12-13-20(23)25(21)3/h4-15H,1-3H3. The van der Waals surface area contributed by atoms with Crippen molar-refractivity contribution in [2.24, 2.45) is 7.05 Å². The average Bonchev–Trinajstić information content (AvgIpc) is 2.92. The first kappa shape index (κ1) is 14.5. The van der Waals surface area contributed by atoms with E-state index in [0.717, 1.165) is 0 Å². The summed E-state index contributed by atoms with van der Waals surface area (Å²) in [7, 11) is 2.19. The summed E-state index contributed by atoms with van der Waals surface area (Å²) in [5.74, 6) is 0.471. The minimum absolute atomic E-state index is 0.471. The van der Waals surface area contributed by atoms with Crippen LogP contribution in [0.1, 0.15) is 25.3 Å². The van der Waals surface area contributed by atoms with E-state index < -0.39 is 0 Å². The molecule has 1 heteroatoms. The molecule has 0 aliphatic rings. The molecule has 0 atom stereocenters. The zero-order valence-electron chi connectivity index (χ0n) is 14.9. The Bertz CT molecular complexity index is 1270. The summed E-state index contributed by atoms with van der Waals surface area (Å²) in [6.07, 6.45) is 0. The van der Waals surface area contributed by atoms with Gasteiger partial charge in [0.2, 0.25) is 0 Å². The lowest BCUT2D eigenvalue weighted by atomic mass is 9.90. The Balaban J connectivity index is 2.17. The highest BCUT2D eigenvalue weighted by atomic mass is 14.9. The zero-order valence-corrected chi connectivity index (χ0v) is 14.9. The molecule has 0 amide bonds. The van der Waals surface area contributed by atoms with Crippen LogP contribution in [0.5, 0.6) is 0 Å². The van der Waals surface area contributed by atoms with Gasteiger partial charge in [-0.05, 0) is 45.2 Å². The molecule has 0 N–H and O–H groups in total. The van der Waals surface area contributed by atoms with Crippen LogP contribution in [0.15, 0.2) is 66.7 Å². The number of fused-ring (bicyclic) bond motifs is 6. The second-order valence-corrected chi connectivity index (χ2v) is 7.30. The molecule has 0 aliphatic heterocycles. The molecular weight excluding hydrogens is 302 g/mol. The van der Waals surface area contributed by atoms with Crippen LogP contribution < -0.4 is 0 Å². The molecule has 122 valence electrons. The number of hydrogen-bond donors (Lipinski definition) is 0. The number of rotatable bonds is 1. The minimum atomic E-state index is 0.471. The van der Waals surface area contributed by atoms with Gasteiger partial charge in [0.25, 0.3) is 0 Å². The highest BCUT2D eigenvalue weighted by molar-refractivity contribution is 6.24. The Hall–Kier alpha value is -2.80. The van der Waals surface area contributed by atoms with Crippen molar-refractivity contribution in [2.45, 2.75) is 19.8 Å². The average molecular weight is 323 g/mol. The van der Waals surface area contributed by atoms with Gasteiger partial charge in [0.05, 0.1) is 0 Å². The zero-order chi connectivity index (χ0) is 17.1. The fourth-order valence-corrected chi connectivity index (χ4v) is 4.42. The Morgan fingerprint density at radius 2 is 1.36 bits per heavy atom. The Morgan fingerprint density at radius 3 is 2.12 bits per heavy atom. The highest BCUT2D eigenvalue weighted by Gasteiger charge is 2.18. The molecule has 0 saturated heterocycles. The smallest absolute Gasteiger partial charge is 0.0498 e. The Labute approximate surface area is 147 Å². The summed E-state index contributed by atoms with van der Waals surface area (Å²) in [5, 5.41) is 8.18. The molecule has 0 aliphatic carbocycles. The number of benzene rings is 4. The van der Waals surface area contributed by atoms with E-state index in [1.807, 2.05) is 0 Å². The van der Waals surface area contributed by atoms with Gasteiger partial charge in [-0.1, -0.05) is 68.4 Å². The number of nitrogens with zero attached hydrogens (tertiary/aromatic N) is 1. The molecule has 0 bridgehead atoms. The second-order valence-electron chi connectivity index (χ2n) is 7.30. The van der Waals surface area contributed by atoms with Crippen molar-refractivity contribution in [2.75, 3.05) is 0 Å². The first-order valence-electron chi connectivity index (χ1n) is 8.98. The summed E-state index contributed by atoms with van der Waals surface area (Å²) in [4.78, 5) is 0. The van der Waals surface area contributed by atoms with E-state index in [9.17, 15) is 0 Å². The number of aromatic nitrogens is 1. The van der Waals surface area contributed by atoms with E-state index in [1.54, 1.807) is 0 Å². The minimum Gasteiger partial charge on any atom is -0.344 e. The van der Waals surface area contributed by atoms with Crippen molar-refractivity contribution in [3.05, 3.63) is 72.3 Å². The van der Waals surface area contributed by atoms with Crippen molar-refractivity contribution in [1.29, 1.82) is 0 Å². The molecule has 1 heterocycles. The van der Waals surface area contributed by atoms with Crippen molar-refractivity contribution < 1.29 is 0 Å². The molecule has 0 saturated carbocycles. The van der Waals surface area contributed by atoms with Crippen molar-refractivity contribution >= 4 is 43.4 Å². The van der Waals surface area contributed by atoms with Crippen LogP contribution in [0.25, 0.3) is 43.4 Å². The molecule has 1 nitrogen and oxygen atoms in total. The SMILES string of the molecule is CC(C)c1c2ccccc2cc2c1c1c3ccccc3ccc1n2C. The largest absolute Gasteiger partial charge is 0.344 e. The predicted molar refractivity (Wildman–Crippen MR) is 110 cm³/mol. The van der Waals surface area contributed by atoms with Gasteiger partial charge in [-0.3, -0.25) is 0 Å². The van der Waals surface area contributed by atoms with E-state index in [0.29, 0.717) is 5.92 Å². The molecule has 0 spiro atoms. The highest BCUT2D eigenvalue weighted by Crippen LogP contribution is 2.41. The topological polar surface area (TPSA) is 4.93 Å². The molecule has 0 radical (unpaired) electrons. The first-order valence-corrected chi connectivity index (χ1v) is 8.98. The lowest BCUT2D eigenvalue weighted by Crippen LogP contribution is -1.93. The van der Waals surface area contributed by atoms with Crippen molar-refractivity contribution in [1.82, 2.24) is 4.57 Å². The second kappa shape index (κ2) is 5.10. The van der Waals surface area contributed by atoms with Gasteiger partial charge in [0.15, 0.2) is 0 Å². The van der Waals surface area contributed by atoms with E-state index in [1.165, 1.54) is 48.9 Å². The monoisotopic (exact) mass is 323 g/mol. The molecule has 5 aromatic rings. The van der Waals surface area contributed by atoms with Crippen LogP contribution in [0.4, 0.5) is 0 Å². The van der Waals surface area contributed by atoms with Gasteiger partial charge in [0, 0.05) is 28.9 Å². The van der Waals surface area contributed by atoms with Gasteiger partial charge in [-0.2, -0.15) is 0 Å². The lowest BCUT2D eigenvalue weighted by molar-refractivity contribution is 0.885. The van der Waals surface area contributed by atoms with Crippen LogP contribution in [0.2, 0.25) is 0 Å². The van der Waals surface area contributed by atoms with Crippen LogP contribution in [0, 0.1) is 0 Å². The van der Waals surface area contributed by atoms with Gasteiger partial charge < -0.3 is 4.57 Å². The molecule has 0 fully saturated rings. The Morgan fingerprint density at radius 1 is 0.680 bits per heavy atom. The van der Waals surface area contributed by atoms with Crippen molar-refractivity contribution in [3.8, 4) is 0 Å². The summed E-state index contributed by atoms with van der Waals surface area (Å²) in [6, 6.07) is 24.4. The summed E-state index contributed by atoms with van der Waals surface area (Å²) >= 11 is 0. The number of aryl methyl sites for hydroxylation is 1. The number of hydrogen-bond acceptors (Lipinski definition) is 0. The maximum atomic E-state index is 2.36. The van der Waals surface area contributed by atoms with Crippen LogP contribution in [-0.4, -0.2) is 4.57 Å². The third-order valence-corrected chi connectivity index (χ3v) is 5.53. The molecular formula is C24H21N. The normalized spacial score (nSPS) is 12.2. The fourth-order valence-electron chi connectivity index (χ4n) is 4.42. The van der Waals surface area contributed by atoms with Gasteiger partial charge in [-0.25, -0.2) is 0 Å². The molecule has 0 unspecified atom stereocenters.